The first-order chi connectivity index (χ1) is 11.5. The Morgan fingerprint density at radius 2 is 1.81 bits per heavy atom. The number of aliphatic hydroxyl groups excluding tert-OH is 1. The molecule has 0 aliphatic heterocycles. The van der Waals surface area contributed by atoms with E-state index in [1.807, 2.05) is 0 Å². The Kier molecular flexibility index (Phi) is 11.2. The van der Waals surface area contributed by atoms with Gasteiger partial charge in [0.25, 0.3) is 0 Å². The van der Waals surface area contributed by atoms with Crippen LogP contribution in [0.1, 0.15) is 37.3 Å². The monoisotopic (exact) mass is 497 g/mol. The Morgan fingerprint density at radius 1 is 1.15 bits per heavy atom. The van der Waals surface area contributed by atoms with E-state index in [2.05, 4.69) is 63.3 Å². The van der Waals surface area contributed by atoms with Gasteiger partial charge in [-0.15, -0.1) is 46.2 Å². The van der Waals surface area contributed by atoms with Crippen LogP contribution in [0.2, 0.25) is 19.1 Å². The molecule has 2 aromatic rings. The van der Waals surface area contributed by atoms with Crippen LogP contribution in [-0.4, -0.2) is 19.8 Å². The fraction of sp³-hybridized carbons (Fsp3) is 0.409. The van der Waals surface area contributed by atoms with E-state index in [1.165, 1.54) is 33.5 Å². The van der Waals surface area contributed by atoms with Crippen molar-refractivity contribution < 1.29 is 56.1 Å². The molecule has 1 radical (unpaired) electrons. The Labute approximate surface area is 196 Å². The van der Waals surface area contributed by atoms with Crippen LogP contribution in [0.15, 0.2) is 47.2 Å². The zero-order valence-corrected chi connectivity index (χ0v) is 21.7. The number of allylic oxidation sites excluding steroid dienone is 4. The maximum absolute atomic E-state index is 9.28. The quantitative estimate of drug-likeness (QED) is 0.438. The molecule has 2 aromatic carbocycles. The molecule has 3 rings (SSSR count). The molecule has 0 saturated carbocycles. The van der Waals surface area contributed by atoms with Gasteiger partial charge in [0.1, 0.15) is 0 Å². The molecule has 0 fully saturated rings. The normalized spacial score (nSPS) is 13.7. The van der Waals surface area contributed by atoms with Crippen molar-refractivity contribution in [3.05, 3.63) is 58.3 Å². The van der Waals surface area contributed by atoms with E-state index in [-0.39, 0.29) is 57.6 Å². The minimum Gasteiger partial charge on any atom is -1.00 e. The summed E-state index contributed by atoms with van der Waals surface area (Å²) in [6.07, 6.45) is 5.38. The van der Waals surface area contributed by atoms with E-state index < -0.39 is 8.07 Å². The van der Waals surface area contributed by atoms with Crippen molar-refractivity contribution in [3.63, 3.8) is 0 Å². The first-order valence-electron chi connectivity index (χ1n) is 9.19. The maximum Gasteiger partial charge on any atom is 3.00 e. The van der Waals surface area contributed by atoms with Crippen molar-refractivity contribution in [2.45, 2.75) is 52.2 Å². The maximum atomic E-state index is 9.28. The van der Waals surface area contributed by atoms with Gasteiger partial charge in [0, 0.05) is 6.61 Å². The predicted molar refractivity (Wildman–Crippen MR) is 108 cm³/mol. The molecule has 0 unspecified atom stereocenters. The summed E-state index contributed by atoms with van der Waals surface area (Å²) in [4.78, 5) is 0. The smallest absolute Gasteiger partial charge is 1.00 e. The van der Waals surface area contributed by atoms with Crippen molar-refractivity contribution >= 4 is 24.4 Å². The average molecular weight is 500 g/mol. The number of fused-ring (bicyclic) bond motifs is 1. The van der Waals surface area contributed by atoms with Crippen molar-refractivity contribution in [1.29, 1.82) is 0 Å². The minimum absolute atomic E-state index is 0. The molecule has 0 saturated heterocycles. The molecular formula is C22H29Cl2OSiZr. The number of aryl methyl sites for hydroxylation is 1. The largest absolute Gasteiger partial charge is 3.00 e. The summed E-state index contributed by atoms with van der Waals surface area (Å²) in [7, 11) is -1.46. The molecule has 1 aliphatic rings. The third-order valence-electron chi connectivity index (χ3n) is 5.64. The Bertz CT molecular complexity index is 821. The zero-order chi connectivity index (χ0) is 17.3. The summed E-state index contributed by atoms with van der Waals surface area (Å²) in [6, 6.07) is 12.4. The molecule has 0 atom stereocenters. The average Bonchev–Trinajstić information content (AvgIpc) is 3.12. The first-order valence-corrected chi connectivity index (χ1v) is 12.4. The van der Waals surface area contributed by atoms with Crippen LogP contribution in [0.5, 0.6) is 0 Å². The van der Waals surface area contributed by atoms with Gasteiger partial charge in [-0.25, -0.2) is 0 Å². The third kappa shape index (κ3) is 5.31. The summed E-state index contributed by atoms with van der Waals surface area (Å²) in [5.41, 5.74) is 5.97. The van der Waals surface area contributed by atoms with Gasteiger partial charge in [-0.2, -0.15) is 0 Å². The van der Waals surface area contributed by atoms with Gasteiger partial charge in [0.2, 0.25) is 0 Å². The molecule has 1 aliphatic carbocycles. The van der Waals surface area contributed by atoms with Crippen molar-refractivity contribution in [2.24, 2.45) is 0 Å². The fourth-order valence-corrected chi connectivity index (χ4v) is 6.63. The van der Waals surface area contributed by atoms with Gasteiger partial charge in [0.05, 0.1) is 8.07 Å². The molecule has 0 amide bonds. The second-order valence-corrected chi connectivity index (χ2v) is 12.6. The van der Waals surface area contributed by atoms with Crippen LogP contribution in [0, 0.1) is 6.92 Å². The Balaban J connectivity index is 0.00000225. The number of benzene rings is 1. The topological polar surface area (TPSA) is 20.2 Å². The van der Waals surface area contributed by atoms with Crippen molar-refractivity contribution in [3.8, 4) is 0 Å². The van der Waals surface area contributed by atoms with E-state index in [0.717, 1.165) is 19.3 Å². The Morgan fingerprint density at radius 3 is 2.44 bits per heavy atom. The zero-order valence-electron chi connectivity index (χ0n) is 16.7. The summed E-state index contributed by atoms with van der Waals surface area (Å²) in [5, 5.41) is 13.7. The number of rotatable bonds is 6. The van der Waals surface area contributed by atoms with Crippen LogP contribution < -0.4 is 24.8 Å². The second kappa shape index (κ2) is 11.2. The molecule has 0 spiro atoms. The molecule has 0 aromatic heterocycles. The van der Waals surface area contributed by atoms with E-state index in [1.54, 1.807) is 10.8 Å². The van der Waals surface area contributed by atoms with Crippen LogP contribution in [0.3, 0.4) is 0 Å². The van der Waals surface area contributed by atoms with Gasteiger partial charge in [-0.05, 0) is 19.3 Å². The van der Waals surface area contributed by atoms with E-state index in [9.17, 15) is 5.11 Å². The summed E-state index contributed by atoms with van der Waals surface area (Å²) in [6.45, 7) is 9.88. The van der Waals surface area contributed by atoms with Gasteiger partial charge >= 0.3 is 26.2 Å². The third-order valence-corrected chi connectivity index (χ3v) is 9.38. The SMILES string of the molecule is CC[Si](C)(C)C1=C(c2c(C)[cH-]c3ccccc23)CC=C1CCCO.[Cl-].[Cl-].[Zr+3]. The van der Waals surface area contributed by atoms with Crippen LogP contribution in [-0.2, 0) is 26.2 Å². The number of aliphatic hydroxyl groups is 1. The van der Waals surface area contributed by atoms with E-state index in [0.29, 0.717) is 0 Å². The van der Waals surface area contributed by atoms with Gasteiger partial charge in [0.15, 0.2) is 0 Å². The molecule has 0 heterocycles. The molecule has 0 bridgehead atoms. The van der Waals surface area contributed by atoms with Gasteiger partial charge in [-0.3, -0.25) is 0 Å². The number of halogens is 2. The molecule has 5 heteroatoms. The minimum atomic E-state index is -1.46. The van der Waals surface area contributed by atoms with Gasteiger partial charge < -0.3 is 29.9 Å². The molecule has 1 nitrogen and oxygen atoms in total. The molecule has 1 N–H and O–H groups in total. The molecule has 27 heavy (non-hydrogen) atoms. The van der Waals surface area contributed by atoms with Gasteiger partial charge in [-0.1, -0.05) is 61.5 Å². The van der Waals surface area contributed by atoms with Crippen molar-refractivity contribution in [2.75, 3.05) is 6.61 Å². The van der Waals surface area contributed by atoms with Crippen LogP contribution >= 0.6 is 0 Å². The predicted octanol–water partition coefficient (Wildman–Crippen LogP) is -0.00368. The summed E-state index contributed by atoms with van der Waals surface area (Å²) >= 11 is 0. The van der Waals surface area contributed by atoms with E-state index >= 15 is 0 Å². The fourth-order valence-electron chi connectivity index (χ4n) is 4.14. The standard InChI is InChI=1S/C22H29OSi.2ClH.Zr/c1-5-24(3,4)22-17(10-8-14-23)12-13-20(22)21-16(2)15-18-9-6-7-11-19(18)21;;;/h6-7,9,11-12,15,23H,5,8,10,13-14H2,1-4H3;2*1H;/q-1;;;+3/p-2. The number of hydrogen-bond acceptors (Lipinski definition) is 1. The van der Waals surface area contributed by atoms with E-state index in [4.69, 9.17) is 0 Å². The second-order valence-electron chi connectivity index (χ2n) is 7.64. The Hall–Kier alpha value is -0.0500. The van der Waals surface area contributed by atoms with Crippen LogP contribution in [0.4, 0.5) is 0 Å². The molecule has 145 valence electrons. The summed E-state index contributed by atoms with van der Waals surface area (Å²) < 4.78 is 0. The summed E-state index contributed by atoms with van der Waals surface area (Å²) in [5.74, 6) is 0. The van der Waals surface area contributed by atoms with Crippen molar-refractivity contribution in [1.82, 2.24) is 0 Å². The van der Waals surface area contributed by atoms with Crippen LogP contribution in [0.25, 0.3) is 16.3 Å². The number of hydrogen-bond donors (Lipinski definition) is 1. The first kappa shape index (κ1) is 27.0. The molecular weight excluding hydrogens is 470 g/mol.